The Bertz CT molecular complexity index is 469. The second-order valence-corrected chi connectivity index (χ2v) is 4.43. The number of carboxylic acids is 1. The van der Waals surface area contributed by atoms with E-state index in [0.29, 0.717) is 22.8 Å². The smallest absolute Gasteiger partial charge is 0.303 e. The first-order chi connectivity index (χ1) is 8.58. The Kier molecular flexibility index (Phi) is 5.47. The van der Waals surface area contributed by atoms with E-state index in [1.165, 1.54) is 0 Å². The van der Waals surface area contributed by atoms with Gasteiger partial charge in [0.1, 0.15) is 6.07 Å². The molecule has 4 nitrogen and oxygen atoms in total. The lowest BCUT2D eigenvalue weighted by molar-refractivity contribution is -0.138. The lowest BCUT2D eigenvalue weighted by Gasteiger charge is -2.15. The predicted molar refractivity (Wildman–Crippen MR) is 70.7 cm³/mol. The molecule has 1 aromatic rings. The second-order valence-electron chi connectivity index (χ2n) is 4.03. The molecule has 96 valence electrons. The van der Waals surface area contributed by atoms with Crippen LogP contribution in [0.25, 0.3) is 0 Å². The number of anilines is 1. The second kappa shape index (κ2) is 6.87. The number of hydrogen-bond donors (Lipinski definition) is 2. The van der Waals surface area contributed by atoms with Crippen LogP contribution < -0.4 is 5.32 Å². The van der Waals surface area contributed by atoms with E-state index in [2.05, 4.69) is 5.32 Å². The lowest BCUT2D eigenvalue weighted by Crippen LogP contribution is -2.17. The number of halogens is 1. The maximum atomic E-state index is 10.7. The molecule has 0 aliphatic carbocycles. The molecule has 0 saturated carbocycles. The molecule has 0 amide bonds. The third-order valence-electron chi connectivity index (χ3n) is 2.75. The van der Waals surface area contributed by atoms with Crippen LogP contribution in [0.1, 0.15) is 25.3 Å². The van der Waals surface area contributed by atoms with E-state index in [4.69, 9.17) is 22.0 Å². The van der Waals surface area contributed by atoms with Gasteiger partial charge in [-0.15, -0.1) is 0 Å². The Morgan fingerprint density at radius 2 is 2.33 bits per heavy atom. The van der Waals surface area contributed by atoms with Crippen LogP contribution in [-0.2, 0) is 4.79 Å². The number of aliphatic carboxylic acids is 1. The minimum absolute atomic E-state index is 0.0352. The van der Waals surface area contributed by atoms with Gasteiger partial charge in [-0.3, -0.25) is 4.79 Å². The zero-order chi connectivity index (χ0) is 13.5. The summed E-state index contributed by atoms with van der Waals surface area (Å²) in [5, 5.41) is 21.2. The summed E-state index contributed by atoms with van der Waals surface area (Å²) in [7, 11) is 0. The number of nitrogens with zero attached hydrogens (tertiary/aromatic N) is 1. The van der Waals surface area contributed by atoms with Crippen LogP contribution in [0.5, 0.6) is 0 Å². The normalized spacial score (nSPS) is 11.6. The molecule has 1 atom stereocenters. The highest BCUT2D eigenvalue weighted by molar-refractivity contribution is 6.32. The van der Waals surface area contributed by atoms with Crippen LogP contribution in [-0.4, -0.2) is 17.6 Å². The van der Waals surface area contributed by atoms with E-state index in [1.54, 1.807) is 18.2 Å². The first kappa shape index (κ1) is 14.3. The number of nitriles is 1. The van der Waals surface area contributed by atoms with Crippen LogP contribution in [0.3, 0.4) is 0 Å². The summed E-state index contributed by atoms with van der Waals surface area (Å²) in [6.45, 7) is 2.45. The van der Waals surface area contributed by atoms with Gasteiger partial charge in [0.2, 0.25) is 0 Å². The van der Waals surface area contributed by atoms with Crippen molar-refractivity contribution >= 4 is 23.3 Å². The monoisotopic (exact) mass is 266 g/mol. The molecule has 2 N–H and O–H groups in total. The molecular formula is C13H15ClN2O2. The van der Waals surface area contributed by atoms with E-state index in [1.807, 2.05) is 13.0 Å². The first-order valence-electron chi connectivity index (χ1n) is 5.72. The van der Waals surface area contributed by atoms with Gasteiger partial charge in [0.25, 0.3) is 0 Å². The highest BCUT2D eigenvalue weighted by Crippen LogP contribution is 2.23. The Balaban J connectivity index is 2.71. The minimum Gasteiger partial charge on any atom is -0.481 e. The Labute approximate surface area is 111 Å². The summed E-state index contributed by atoms with van der Waals surface area (Å²) < 4.78 is 0. The molecule has 0 heterocycles. The van der Waals surface area contributed by atoms with E-state index in [9.17, 15) is 4.79 Å². The lowest BCUT2D eigenvalue weighted by atomic mass is 10.0. The molecule has 0 aliphatic heterocycles. The van der Waals surface area contributed by atoms with Crippen molar-refractivity contribution in [2.45, 2.75) is 19.8 Å². The summed E-state index contributed by atoms with van der Waals surface area (Å²) in [6.07, 6.45) is 0.883. The van der Waals surface area contributed by atoms with Gasteiger partial charge < -0.3 is 10.4 Å². The van der Waals surface area contributed by atoms with E-state index < -0.39 is 5.97 Å². The fourth-order valence-electron chi connectivity index (χ4n) is 1.65. The maximum Gasteiger partial charge on any atom is 0.303 e. The summed E-state index contributed by atoms with van der Waals surface area (Å²) in [5.41, 5.74) is 1.04. The van der Waals surface area contributed by atoms with Crippen molar-refractivity contribution in [3.63, 3.8) is 0 Å². The molecule has 0 aliphatic rings. The highest BCUT2D eigenvalue weighted by atomic mass is 35.5. The average molecular weight is 267 g/mol. The van der Waals surface area contributed by atoms with Crippen molar-refractivity contribution in [2.24, 2.45) is 5.92 Å². The van der Waals surface area contributed by atoms with Crippen molar-refractivity contribution in [1.29, 1.82) is 5.26 Å². The summed E-state index contributed by atoms with van der Waals surface area (Å²) in [6, 6.07) is 7.20. The third-order valence-corrected chi connectivity index (χ3v) is 3.06. The number of rotatable bonds is 6. The van der Waals surface area contributed by atoms with E-state index in [0.717, 1.165) is 6.42 Å². The largest absolute Gasteiger partial charge is 0.481 e. The van der Waals surface area contributed by atoms with Crippen molar-refractivity contribution in [2.75, 3.05) is 11.9 Å². The summed E-state index contributed by atoms with van der Waals surface area (Å²) in [5.74, 6) is -0.775. The standard InChI is InChI=1S/C13H15ClN2O2/c1-2-9(6-13(17)18)8-16-12-5-3-4-11(14)10(12)7-15/h3-5,9,16H,2,6,8H2,1H3,(H,17,18). The zero-order valence-corrected chi connectivity index (χ0v) is 10.9. The molecule has 1 aromatic carbocycles. The number of carbonyl (C=O) groups is 1. The van der Waals surface area contributed by atoms with Crippen LogP contribution >= 0.6 is 11.6 Å². The molecule has 18 heavy (non-hydrogen) atoms. The molecule has 1 rings (SSSR count). The molecule has 0 spiro atoms. The minimum atomic E-state index is -0.810. The molecule has 0 saturated heterocycles. The molecule has 5 heteroatoms. The van der Waals surface area contributed by atoms with Gasteiger partial charge >= 0.3 is 5.97 Å². The zero-order valence-electron chi connectivity index (χ0n) is 10.1. The molecule has 0 fully saturated rings. The van der Waals surface area contributed by atoms with Crippen molar-refractivity contribution in [3.05, 3.63) is 28.8 Å². The van der Waals surface area contributed by atoms with Gasteiger partial charge in [-0.25, -0.2) is 0 Å². The van der Waals surface area contributed by atoms with Crippen LogP contribution in [0.4, 0.5) is 5.69 Å². The fraction of sp³-hybridized carbons (Fsp3) is 0.385. The van der Waals surface area contributed by atoms with Gasteiger partial charge in [0.15, 0.2) is 0 Å². The van der Waals surface area contributed by atoms with Crippen LogP contribution in [0, 0.1) is 17.2 Å². The number of hydrogen-bond acceptors (Lipinski definition) is 3. The first-order valence-corrected chi connectivity index (χ1v) is 6.10. The van der Waals surface area contributed by atoms with Gasteiger partial charge in [-0.2, -0.15) is 5.26 Å². The highest BCUT2D eigenvalue weighted by Gasteiger charge is 2.12. The molecule has 0 aromatic heterocycles. The Hall–Kier alpha value is -1.73. The maximum absolute atomic E-state index is 10.7. The summed E-state index contributed by atoms with van der Waals surface area (Å²) in [4.78, 5) is 10.7. The molecular weight excluding hydrogens is 252 g/mol. The van der Waals surface area contributed by atoms with Crippen molar-refractivity contribution in [1.82, 2.24) is 0 Å². The number of carboxylic acid groups (broad SMARTS) is 1. The Morgan fingerprint density at radius 1 is 1.61 bits per heavy atom. The van der Waals surface area contributed by atoms with Crippen LogP contribution in [0.15, 0.2) is 18.2 Å². The van der Waals surface area contributed by atoms with Crippen molar-refractivity contribution in [3.8, 4) is 6.07 Å². The molecule has 1 unspecified atom stereocenters. The van der Waals surface area contributed by atoms with E-state index >= 15 is 0 Å². The quantitative estimate of drug-likeness (QED) is 0.830. The Morgan fingerprint density at radius 3 is 2.89 bits per heavy atom. The van der Waals surface area contributed by atoms with Gasteiger partial charge in [-0.05, 0) is 18.1 Å². The molecule has 0 bridgehead atoms. The van der Waals surface area contributed by atoms with E-state index in [-0.39, 0.29) is 12.3 Å². The van der Waals surface area contributed by atoms with Gasteiger partial charge in [0.05, 0.1) is 16.3 Å². The molecule has 0 radical (unpaired) electrons. The number of nitrogens with one attached hydrogen (secondary N) is 1. The van der Waals surface area contributed by atoms with Gasteiger partial charge in [0, 0.05) is 13.0 Å². The van der Waals surface area contributed by atoms with Crippen molar-refractivity contribution < 1.29 is 9.90 Å². The third kappa shape index (κ3) is 3.94. The van der Waals surface area contributed by atoms with Gasteiger partial charge in [-0.1, -0.05) is 31.0 Å². The summed E-state index contributed by atoms with van der Waals surface area (Å²) >= 11 is 5.91. The topological polar surface area (TPSA) is 73.1 Å². The van der Waals surface area contributed by atoms with Crippen LogP contribution in [0.2, 0.25) is 5.02 Å². The SMILES string of the molecule is CCC(CNc1cccc(Cl)c1C#N)CC(=O)O. The fourth-order valence-corrected chi connectivity index (χ4v) is 1.86. The predicted octanol–water partition coefficient (Wildman–Crippen LogP) is 3.12. The number of benzene rings is 1. The average Bonchev–Trinajstić information content (AvgIpc) is 2.34.